The maximum Gasteiger partial charge on any atom is 0.243 e. The molecule has 0 bridgehead atoms. The van der Waals surface area contributed by atoms with Crippen LogP contribution in [0.5, 0.6) is 0 Å². The Bertz CT molecular complexity index is 657. The highest BCUT2D eigenvalue weighted by Gasteiger charge is 2.14. The minimum absolute atomic E-state index is 0.0682. The van der Waals surface area contributed by atoms with Gasteiger partial charge < -0.3 is 5.32 Å². The lowest BCUT2D eigenvalue weighted by Gasteiger charge is -2.07. The van der Waals surface area contributed by atoms with E-state index < -0.39 is 10.0 Å². The van der Waals surface area contributed by atoms with Crippen LogP contribution in [-0.4, -0.2) is 38.0 Å². The van der Waals surface area contributed by atoms with Gasteiger partial charge in [-0.25, -0.2) is 23.1 Å². The average molecular weight is 306 g/mol. The van der Waals surface area contributed by atoms with E-state index in [4.69, 9.17) is 0 Å². The summed E-state index contributed by atoms with van der Waals surface area (Å²) in [5.41, 5.74) is 0.849. The van der Waals surface area contributed by atoms with E-state index in [1.54, 1.807) is 0 Å². The highest BCUT2D eigenvalue weighted by Crippen LogP contribution is 2.14. The van der Waals surface area contributed by atoms with Gasteiger partial charge in [0.2, 0.25) is 10.0 Å². The number of benzene rings is 1. The third-order valence-corrected chi connectivity index (χ3v) is 4.23. The summed E-state index contributed by atoms with van der Waals surface area (Å²) in [6, 6.07) is 9.41. The molecule has 0 saturated carbocycles. The molecule has 7 heteroatoms. The number of likely N-dealkylation sites (N-methyl/N-ethyl adjacent to an activating group) is 1. The topological polar surface area (TPSA) is 84.0 Å². The third-order valence-electron chi connectivity index (χ3n) is 2.81. The van der Waals surface area contributed by atoms with Gasteiger partial charge in [0.25, 0.3) is 0 Å². The Balaban J connectivity index is 2.08. The van der Waals surface area contributed by atoms with Gasteiger partial charge >= 0.3 is 0 Å². The van der Waals surface area contributed by atoms with Gasteiger partial charge in [-0.2, -0.15) is 0 Å². The Kier molecular flexibility index (Phi) is 5.38. The molecule has 21 heavy (non-hydrogen) atoms. The summed E-state index contributed by atoms with van der Waals surface area (Å²) in [5.74, 6) is 0.502. The van der Waals surface area contributed by atoms with Crippen LogP contribution in [0.25, 0.3) is 11.4 Å². The van der Waals surface area contributed by atoms with Crippen molar-refractivity contribution in [2.24, 2.45) is 0 Å². The van der Waals surface area contributed by atoms with Crippen LogP contribution < -0.4 is 10.0 Å². The van der Waals surface area contributed by atoms with Crippen molar-refractivity contribution in [2.45, 2.75) is 11.8 Å². The largest absolute Gasteiger partial charge is 0.316 e. The molecule has 1 aromatic carbocycles. The van der Waals surface area contributed by atoms with E-state index in [-0.39, 0.29) is 4.90 Å². The van der Waals surface area contributed by atoms with Crippen molar-refractivity contribution in [3.63, 3.8) is 0 Å². The van der Waals surface area contributed by atoms with Crippen LogP contribution in [0.4, 0.5) is 0 Å². The molecule has 1 aromatic heterocycles. The van der Waals surface area contributed by atoms with Gasteiger partial charge in [0.05, 0.1) is 12.4 Å². The summed E-state index contributed by atoms with van der Waals surface area (Å²) >= 11 is 0. The number of nitrogens with one attached hydrogen (secondary N) is 2. The number of sulfonamides is 1. The maximum absolute atomic E-state index is 12.0. The fourth-order valence-electron chi connectivity index (χ4n) is 1.73. The lowest BCUT2D eigenvalue weighted by atomic mass is 10.2. The Morgan fingerprint density at radius 3 is 2.33 bits per heavy atom. The van der Waals surface area contributed by atoms with Crippen LogP contribution >= 0.6 is 0 Å². The zero-order valence-corrected chi connectivity index (χ0v) is 12.6. The van der Waals surface area contributed by atoms with Crippen molar-refractivity contribution in [1.29, 1.82) is 0 Å². The lowest BCUT2D eigenvalue weighted by Crippen LogP contribution is -2.31. The van der Waals surface area contributed by atoms with Crippen LogP contribution in [0.3, 0.4) is 0 Å². The Hall–Kier alpha value is -1.83. The molecular weight excluding hydrogens is 288 g/mol. The van der Waals surface area contributed by atoms with E-state index in [1.807, 2.05) is 37.3 Å². The first-order chi connectivity index (χ1) is 10.1. The molecule has 2 rings (SSSR count). The average Bonchev–Trinajstić information content (AvgIpc) is 2.53. The van der Waals surface area contributed by atoms with Crippen molar-refractivity contribution in [1.82, 2.24) is 20.0 Å². The summed E-state index contributed by atoms with van der Waals surface area (Å²) in [6.45, 7) is 3.68. The Morgan fingerprint density at radius 2 is 1.71 bits per heavy atom. The zero-order valence-electron chi connectivity index (χ0n) is 11.8. The number of hydrogen-bond acceptors (Lipinski definition) is 5. The van der Waals surface area contributed by atoms with Crippen molar-refractivity contribution in [3.05, 3.63) is 42.7 Å². The van der Waals surface area contributed by atoms with Crippen molar-refractivity contribution >= 4 is 10.0 Å². The molecule has 2 N–H and O–H groups in total. The van der Waals surface area contributed by atoms with E-state index in [0.29, 0.717) is 18.9 Å². The van der Waals surface area contributed by atoms with Gasteiger partial charge in [-0.1, -0.05) is 37.3 Å². The Labute approximate surface area is 124 Å². The van der Waals surface area contributed by atoms with Gasteiger partial charge in [-0.05, 0) is 6.54 Å². The van der Waals surface area contributed by atoms with Crippen LogP contribution in [0, 0.1) is 0 Å². The van der Waals surface area contributed by atoms with E-state index in [1.165, 1.54) is 12.4 Å². The van der Waals surface area contributed by atoms with Crippen LogP contribution in [-0.2, 0) is 10.0 Å². The molecule has 1 heterocycles. The highest BCUT2D eigenvalue weighted by atomic mass is 32.2. The minimum Gasteiger partial charge on any atom is -0.316 e. The molecule has 0 spiro atoms. The standard InChI is InChI=1S/C14H18N4O2S/c1-2-15-8-9-18-21(19,20)13-10-16-14(17-11-13)12-6-4-3-5-7-12/h3-7,10-11,15,18H,2,8-9H2,1H3. The second-order valence-corrected chi connectivity index (χ2v) is 6.13. The molecule has 6 nitrogen and oxygen atoms in total. The van der Waals surface area contributed by atoms with Crippen LogP contribution in [0.1, 0.15) is 6.92 Å². The van der Waals surface area contributed by atoms with Crippen molar-refractivity contribution < 1.29 is 8.42 Å². The molecule has 0 aliphatic heterocycles. The molecule has 112 valence electrons. The quantitative estimate of drug-likeness (QED) is 0.747. The summed E-state index contributed by atoms with van der Waals surface area (Å²) in [7, 11) is -3.55. The maximum atomic E-state index is 12.0. The highest BCUT2D eigenvalue weighted by molar-refractivity contribution is 7.89. The van der Waals surface area contributed by atoms with Gasteiger partial charge in [-0.15, -0.1) is 0 Å². The predicted molar refractivity (Wildman–Crippen MR) is 81.2 cm³/mol. The number of hydrogen-bond donors (Lipinski definition) is 2. The molecule has 0 atom stereocenters. The molecule has 2 aromatic rings. The lowest BCUT2D eigenvalue weighted by molar-refractivity contribution is 0.576. The fourth-order valence-corrected chi connectivity index (χ4v) is 2.65. The predicted octanol–water partition coefficient (Wildman–Crippen LogP) is 1.03. The number of rotatable bonds is 7. The first-order valence-electron chi connectivity index (χ1n) is 6.71. The Morgan fingerprint density at radius 1 is 1.05 bits per heavy atom. The molecule has 0 aliphatic rings. The molecule has 0 unspecified atom stereocenters. The molecule has 0 aliphatic carbocycles. The smallest absolute Gasteiger partial charge is 0.243 e. The van der Waals surface area contributed by atoms with E-state index >= 15 is 0 Å². The van der Waals surface area contributed by atoms with Crippen LogP contribution in [0.15, 0.2) is 47.6 Å². The molecular formula is C14H18N4O2S. The van der Waals surface area contributed by atoms with E-state index in [0.717, 1.165) is 12.1 Å². The van der Waals surface area contributed by atoms with Gasteiger partial charge in [-0.3, -0.25) is 0 Å². The molecule has 0 fully saturated rings. The van der Waals surface area contributed by atoms with Gasteiger partial charge in [0.15, 0.2) is 5.82 Å². The first kappa shape index (κ1) is 15.6. The number of aromatic nitrogens is 2. The second-order valence-electron chi connectivity index (χ2n) is 4.36. The monoisotopic (exact) mass is 306 g/mol. The third kappa shape index (κ3) is 4.32. The van der Waals surface area contributed by atoms with E-state index in [2.05, 4.69) is 20.0 Å². The van der Waals surface area contributed by atoms with Crippen LogP contribution in [0.2, 0.25) is 0 Å². The van der Waals surface area contributed by atoms with Crippen molar-refractivity contribution in [2.75, 3.05) is 19.6 Å². The second kappa shape index (κ2) is 7.26. The summed E-state index contributed by atoms with van der Waals surface area (Å²) in [4.78, 5) is 8.30. The summed E-state index contributed by atoms with van der Waals surface area (Å²) < 4.78 is 26.5. The SMILES string of the molecule is CCNCCNS(=O)(=O)c1cnc(-c2ccccc2)nc1. The number of nitrogens with zero attached hydrogens (tertiary/aromatic N) is 2. The summed E-state index contributed by atoms with van der Waals surface area (Å²) in [5, 5.41) is 3.04. The first-order valence-corrected chi connectivity index (χ1v) is 8.19. The minimum atomic E-state index is -3.55. The van der Waals surface area contributed by atoms with Gasteiger partial charge in [0, 0.05) is 18.7 Å². The molecule has 0 saturated heterocycles. The normalized spacial score (nSPS) is 11.5. The zero-order chi connectivity index (χ0) is 15.1. The van der Waals surface area contributed by atoms with Gasteiger partial charge in [0.1, 0.15) is 4.90 Å². The summed E-state index contributed by atoms with van der Waals surface area (Å²) in [6.07, 6.45) is 2.65. The van der Waals surface area contributed by atoms with E-state index in [9.17, 15) is 8.42 Å². The van der Waals surface area contributed by atoms with Crippen molar-refractivity contribution in [3.8, 4) is 11.4 Å². The fraction of sp³-hybridized carbons (Fsp3) is 0.286. The molecule has 0 radical (unpaired) electrons. The molecule has 0 amide bonds.